The molecule has 1 atom stereocenters. The second kappa shape index (κ2) is 4.83. The summed E-state index contributed by atoms with van der Waals surface area (Å²) in [5.41, 5.74) is 1.20. The van der Waals surface area contributed by atoms with Gasteiger partial charge in [-0.2, -0.15) is 0 Å². The fourth-order valence-electron chi connectivity index (χ4n) is 3.38. The van der Waals surface area contributed by atoms with Crippen molar-refractivity contribution in [1.82, 2.24) is 14.8 Å². The van der Waals surface area contributed by atoms with Crippen molar-refractivity contribution in [3.8, 4) is 0 Å². The van der Waals surface area contributed by atoms with Crippen LogP contribution in [0.25, 0.3) is 0 Å². The Morgan fingerprint density at radius 3 is 2.71 bits per heavy atom. The van der Waals surface area contributed by atoms with E-state index in [9.17, 15) is 9.59 Å². The molecule has 5 heteroatoms. The molecule has 0 aromatic carbocycles. The smallest absolute Gasteiger partial charge is 0.228 e. The number of carbonyl (C=O) groups excluding carboxylic acids is 2. The van der Waals surface area contributed by atoms with Gasteiger partial charge < -0.3 is 9.80 Å². The van der Waals surface area contributed by atoms with Crippen molar-refractivity contribution in [3.63, 3.8) is 0 Å². The molecule has 0 bridgehead atoms. The minimum atomic E-state index is -0.118. The first kappa shape index (κ1) is 12.8. The van der Waals surface area contributed by atoms with E-state index in [1.807, 2.05) is 22.1 Å². The van der Waals surface area contributed by atoms with Crippen molar-refractivity contribution in [3.05, 3.63) is 30.1 Å². The molecule has 3 fully saturated rings. The molecule has 21 heavy (non-hydrogen) atoms. The Morgan fingerprint density at radius 2 is 2.05 bits per heavy atom. The zero-order valence-electron chi connectivity index (χ0n) is 11.9. The topological polar surface area (TPSA) is 53.5 Å². The van der Waals surface area contributed by atoms with E-state index in [1.54, 1.807) is 6.20 Å². The average Bonchev–Trinajstić information content (AvgIpc) is 3.21. The maximum absolute atomic E-state index is 12.5. The lowest BCUT2D eigenvalue weighted by atomic mass is 9.91. The monoisotopic (exact) mass is 285 g/mol. The Labute approximate surface area is 123 Å². The van der Waals surface area contributed by atoms with Crippen molar-refractivity contribution < 1.29 is 9.59 Å². The van der Waals surface area contributed by atoms with Gasteiger partial charge in [0.1, 0.15) is 0 Å². The molecule has 1 aromatic heterocycles. The summed E-state index contributed by atoms with van der Waals surface area (Å²) in [5, 5.41) is 0. The van der Waals surface area contributed by atoms with E-state index >= 15 is 0 Å². The maximum Gasteiger partial charge on any atom is 0.228 e. The van der Waals surface area contributed by atoms with Gasteiger partial charge in [0.25, 0.3) is 0 Å². The van der Waals surface area contributed by atoms with Gasteiger partial charge in [0, 0.05) is 50.4 Å². The molecule has 0 radical (unpaired) electrons. The Kier molecular flexibility index (Phi) is 2.94. The molecule has 2 saturated heterocycles. The van der Waals surface area contributed by atoms with Crippen LogP contribution in [0.2, 0.25) is 0 Å². The SMILES string of the molecule is O=C(C1CC(=O)N(C2CC2)C1)N1CC(c2cccnc2)C1. The highest BCUT2D eigenvalue weighted by atomic mass is 16.2. The third-order valence-corrected chi connectivity index (χ3v) is 4.84. The van der Waals surface area contributed by atoms with E-state index in [1.165, 1.54) is 5.56 Å². The third kappa shape index (κ3) is 2.30. The average molecular weight is 285 g/mol. The summed E-state index contributed by atoms with van der Waals surface area (Å²) in [6, 6.07) is 4.42. The van der Waals surface area contributed by atoms with E-state index in [0.29, 0.717) is 24.9 Å². The molecular formula is C16H19N3O2. The van der Waals surface area contributed by atoms with Gasteiger partial charge in [-0.25, -0.2) is 0 Å². The molecule has 3 aliphatic rings. The van der Waals surface area contributed by atoms with Crippen LogP contribution in [0.3, 0.4) is 0 Å². The van der Waals surface area contributed by atoms with Crippen LogP contribution < -0.4 is 0 Å². The molecule has 2 aliphatic heterocycles. The number of rotatable bonds is 3. The van der Waals surface area contributed by atoms with Gasteiger partial charge in [-0.15, -0.1) is 0 Å². The lowest BCUT2D eigenvalue weighted by Gasteiger charge is -2.40. The Hall–Kier alpha value is -1.91. The number of hydrogen-bond acceptors (Lipinski definition) is 3. The highest BCUT2D eigenvalue weighted by Crippen LogP contribution is 2.35. The van der Waals surface area contributed by atoms with E-state index in [2.05, 4.69) is 11.1 Å². The molecule has 0 N–H and O–H groups in total. The summed E-state index contributed by atoms with van der Waals surface area (Å²) in [6.07, 6.45) is 6.27. The van der Waals surface area contributed by atoms with Gasteiger partial charge in [-0.1, -0.05) is 6.07 Å². The second-order valence-corrected chi connectivity index (χ2v) is 6.40. The van der Waals surface area contributed by atoms with Crippen LogP contribution in [0.1, 0.15) is 30.7 Å². The van der Waals surface area contributed by atoms with Crippen LogP contribution in [-0.4, -0.2) is 52.3 Å². The molecule has 1 saturated carbocycles. The fourth-order valence-corrected chi connectivity index (χ4v) is 3.38. The van der Waals surface area contributed by atoms with E-state index in [-0.39, 0.29) is 17.7 Å². The standard InChI is InChI=1S/C16H19N3O2/c20-15-6-12(10-19(15)14-3-4-14)16(21)18-8-13(9-18)11-2-1-5-17-7-11/h1-2,5,7,12-14H,3-4,6,8-10H2. The molecule has 2 amide bonds. The minimum absolute atomic E-state index is 0.118. The van der Waals surface area contributed by atoms with Crippen LogP contribution in [0, 0.1) is 5.92 Å². The normalized spacial score (nSPS) is 26.1. The van der Waals surface area contributed by atoms with Gasteiger partial charge in [-0.3, -0.25) is 14.6 Å². The number of likely N-dealkylation sites (tertiary alicyclic amines) is 2. The van der Waals surface area contributed by atoms with Crippen molar-refractivity contribution in [2.24, 2.45) is 5.92 Å². The maximum atomic E-state index is 12.5. The molecule has 4 rings (SSSR count). The number of amides is 2. The molecule has 110 valence electrons. The van der Waals surface area contributed by atoms with Crippen LogP contribution in [0.15, 0.2) is 24.5 Å². The molecule has 0 spiro atoms. The fraction of sp³-hybridized carbons (Fsp3) is 0.562. The van der Waals surface area contributed by atoms with E-state index in [4.69, 9.17) is 0 Å². The van der Waals surface area contributed by atoms with Crippen molar-refractivity contribution in [2.75, 3.05) is 19.6 Å². The zero-order valence-corrected chi connectivity index (χ0v) is 11.9. The molecule has 3 heterocycles. The number of pyridine rings is 1. The summed E-state index contributed by atoms with van der Waals surface area (Å²) in [4.78, 5) is 32.3. The highest BCUT2D eigenvalue weighted by molar-refractivity contribution is 5.90. The third-order valence-electron chi connectivity index (χ3n) is 4.84. The highest BCUT2D eigenvalue weighted by Gasteiger charge is 2.44. The molecule has 1 aromatic rings. The summed E-state index contributed by atoms with van der Waals surface area (Å²) in [6.45, 7) is 2.16. The minimum Gasteiger partial charge on any atom is -0.341 e. The second-order valence-electron chi connectivity index (χ2n) is 6.40. The first-order chi connectivity index (χ1) is 10.2. The van der Waals surface area contributed by atoms with E-state index < -0.39 is 0 Å². The molecular weight excluding hydrogens is 266 g/mol. The van der Waals surface area contributed by atoms with Crippen LogP contribution in [-0.2, 0) is 9.59 Å². The van der Waals surface area contributed by atoms with Crippen LogP contribution in [0.4, 0.5) is 0 Å². The summed E-state index contributed by atoms with van der Waals surface area (Å²) in [5.74, 6) is 0.610. The predicted molar refractivity (Wildman–Crippen MR) is 76.4 cm³/mol. The molecule has 1 unspecified atom stereocenters. The summed E-state index contributed by atoms with van der Waals surface area (Å²) in [7, 11) is 0. The Balaban J connectivity index is 1.34. The van der Waals surface area contributed by atoms with Gasteiger partial charge >= 0.3 is 0 Å². The zero-order chi connectivity index (χ0) is 14.4. The largest absolute Gasteiger partial charge is 0.341 e. The van der Waals surface area contributed by atoms with Gasteiger partial charge in [0.05, 0.1) is 5.92 Å². The number of carbonyl (C=O) groups is 2. The van der Waals surface area contributed by atoms with Gasteiger partial charge in [-0.05, 0) is 24.5 Å². The number of nitrogens with zero attached hydrogens (tertiary/aromatic N) is 3. The van der Waals surface area contributed by atoms with Gasteiger partial charge in [0.15, 0.2) is 0 Å². The molecule has 5 nitrogen and oxygen atoms in total. The number of hydrogen-bond donors (Lipinski definition) is 0. The first-order valence-electron chi connectivity index (χ1n) is 7.70. The van der Waals surface area contributed by atoms with Crippen molar-refractivity contribution >= 4 is 11.8 Å². The van der Waals surface area contributed by atoms with Gasteiger partial charge in [0.2, 0.25) is 11.8 Å². The number of aromatic nitrogens is 1. The van der Waals surface area contributed by atoms with Crippen molar-refractivity contribution in [1.29, 1.82) is 0 Å². The molecule has 1 aliphatic carbocycles. The van der Waals surface area contributed by atoms with Crippen molar-refractivity contribution in [2.45, 2.75) is 31.2 Å². The first-order valence-corrected chi connectivity index (χ1v) is 7.70. The summed E-state index contributed by atoms with van der Waals surface area (Å²) < 4.78 is 0. The van der Waals surface area contributed by atoms with E-state index in [0.717, 1.165) is 25.9 Å². The Morgan fingerprint density at radius 1 is 1.24 bits per heavy atom. The quantitative estimate of drug-likeness (QED) is 0.833. The lowest BCUT2D eigenvalue weighted by molar-refractivity contribution is -0.140. The van der Waals surface area contributed by atoms with Crippen LogP contribution >= 0.6 is 0 Å². The van der Waals surface area contributed by atoms with Crippen LogP contribution in [0.5, 0.6) is 0 Å². The predicted octanol–water partition coefficient (Wildman–Crippen LogP) is 1.02. The summed E-state index contributed by atoms with van der Waals surface area (Å²) >= 11 is 0. The Bertz CT molecular complexity index is 564. The lowest BCUT2D eigenvalue weighted by Crippen LogP contribution is -2.51.